The predicted octanol–water partition coefficient (Wildman–Crippen LogP) is -0.368. The van der Waals surface area contributed by atoms with E-state index in [2.05, 4.69) is 0 Å². The van der Waals surface area contributed by atoms with Crippen molar-refractivity contribution in [2.24, 2.45) is 5.73 Å². The number of rotatable bonds is 7. The number of nitrogens with zero attached hydrogens (tertiary/aromatic N) is 1. The van der Waals surface area contributed by atoms with Crippen molar-refractivity contribution < 1.29 is 13.2 Å². The van der Waals surface area contributed by atoms with Gasteiger partial charge in [-0.2, -0.15) is 4.31 Å². The fourth-order valence-corrected chi connectivity index (χ4v) is 2.29. The lowest BCUT2D eigenvalue weighted by atomic mass is 10.6. The number of sulfonamides is 1. The maximum absolute atomic E-state index is 11.7. The van der Waals surface area contributed by atoms with Crippen molar-refractivity contribution in [3.05, 3.63) is 0 Å². The molecule has 0 unspecified atom stereocenters. The molecule has 14 heavy (non-hydrogen) atoms. The van der Waals surface area contributed by atoms with Crippen molar-refractivity contribution in [2.45, 2.75) is 19.1 Å². The summed E-state index contributed by atoms with van der Waals surface area (Å²) >= 11 is 0. The summed E-state index contributed by atoms with van der Waals surface area (Å²) in [6.45, 7) is 4.76. The van der Waals surface area contributed by atoms with E-state index >= 15 is 0 Å². The van der Waals surface area contributed by atoms with E-state index in [0.29, 0.717) is 26.2 Å². The van der Waals surface area contributed by atoms with Crippen molar-refractivity contribution in [1.82, 2.24) is 4.31 Å². The maximum Gasteiger partial charge on any atom is 0.216 e. The third-order valence-electron chi connectivity index (χ3n) is 1.88. The highest BCUT2D eigenvalue weighted by Crippen LogP contribution is 2.07. The van der Waals surface area contributed by atoms with Crippen molar-refractivity contribution in [1.29, 1.82) is 0 Å². The van der Waals surface area contributed by atoms with Gasteiger partial charge in [0, 0.05) is 26.7 Å². The van der Waals surface area contributed by atoms with Crippen molar-refractivity contribution >= 4 is 10.0 Å². The highest BCUT2D eigenvalue weighted by atomic mass is 32.2. The summed E-state index contributed by atoms with van der Waals surface area (Å²) in [7, 11) is -1.66. The molecule has 0 spiro atoms. The second-order valence-corrected chi connectivity index (χ2v) is 5.76. The molecule has 0 aromatic carbocycles. The molecule has 5 nitrogen and oxygen atoms in total. The number of methoxy groups -OCH3 is 1. The quantitative estimate of drug-likeness (QED) is 0.640. The minimum atomic E-state index is -3.20. The van der Waals surface area contributed by atoms with Gasteiger partial charge in [-0.3, -0.25) is 0 Å². The lowest BCUT2D eigenvalue weighted by Crippen LogP contribution is -2.41. The molecule has 0 aliphatic rings. The molecule has 0 heterocycles. The lowest BCUT2D eigenvalue weighted by Gasteiger charge is -2.23. The summed E-state index contributed by atoms with van der Waals surface area (Å²) in [5.41, 5.74) is 5.35. The van der Waals surface area contributed by atoms with Gasteiger partial charge in [0.2, 0.25) is 10.0 Å². The smallest absolute Gasteiger partial charge is 0.216 e. The van der Waals surface area contributed by atoms with Crippen LogP contribution in [0.4, 0.5) is 0 Å². The highest BCUT2D eigenvalue weighted by Gasteiger charge is 2.24. The first-order valence-electron chi connectivity index (χ1n) is 4.64. The monoisotopic (exact) mass is 224 g/mol. The zero-order valence-electron chi connectivity index (χ0n) is 9.06. The maximum atomic E-state index is 11.7. The van der Waals surface area contributed by atoms with E-state index in [9.17, 15) is 8.42 Å². The van der Waals surface area contributed by atoms with E-state index in [1.807, 2.05) is 0 Å². The second-order valence-electron chi connectivity index (χ2n) is 3.27. The van der Waals surface area contributed by atoms with Gasteiger partial charge >= 0.3 is 0 Å². The van der Waals surface area contributed by atoms with Gasteiger partial charge in [0.1, 0.15) is 0 Å². The van der Waals surface area contributed by atoms with E-state index in [-0.39, 0.29) is 0 Å². The topological polar surface area (TPSA) is 72.6 Å². The zero-order valence-corrected chi connectivity index (χ0v) is 9.88. The Morgan fingerprint density at radius 2 is 1.93 bits per heavy atom. The Bertz CT molecular complexity index is 239. The third-order valence-corrected chi connectivity index (χ3v) is 4.16. The van der Waals surface area contributed by atoms with Crippen LogP contribution in [-0.2, 0) is 14.8 Å². The first-order chi connectivity index (χ1) is 6.46. The van der Waals surface area contributed by atoms with Crippen molar-refractivity contribution in [2.75, 3.05) is 33.4 Å². The van der Waals surface area contributed by atoms with Gasteiger partial charge in [0.05, 0.1) is 11.9 Å². The largest absolute Gasteiger partial charge is 0.383 e. The molecule has 0 amide bonds. The Hall–Kier alpha value is -0.170. The van der Waals surface area contributed by atoms with Crippen molar-refractivity contribution in [3.63, 3.8) is 0 Å². The molecule has 0 rings (SSSR count). The molecule has 6 heteroatoms. The summed E-state index contributed by atoms with van der Waals surface area (Å²) in [4.78, 5) is 0. The number of ether oxygens (including phenoxy) is 1. The first kappa shape index (κ1) is 13.8. The number of hydrogen-bond donors (Lipinski definition) is 1. The molecule has 0 bridgehead atoms. The minimum Gasteiger partial charge on any atom is -0.383 e. The summed E-state index contributed by atoms with van der Waals surface area (Å²) < 4.78 is 29.7. The Morgan fingerprint density at radius 3 is 2.29 bits per heavy atom. The summed E-state index contributed by atoms with van der Waals surface area (Å²) in [6.07, 6.45) is 0. The minimum absolute atomic E-state index is 0.329. The van der Waals surface area contributed by atoms with Gasteiger partial charge in [-0.05, 0) is 13.8 Å². The van der Waals surface area contributed by atoms with Crippen LogP contribution in [0.2, 0.25) is 0 Å². The van der Waals surface area contributed by atoms with Gasteiger partial charge in [-0.25, -0.2) is 8.42 Å². The predicted molar refractivity (Wildman–Crippen MR) is 56.6 cm³/mol. The van der Waals surface area contributed by atoms with E-state index < -0.39 is 15.3 Å². The fraction of sp³-hybridized carbons (Fsp3) is 1.00. The van der Waals surface area contributed by atoms with Crippen LogP contribution in [0.25, 0.3) is 0 Å². The summed E-state index contributed by atoms with van der Waals surface area (Å²) in [5.74, 6) is 0. The molecule has 0 aromatic rings. The Morgan fingerprint density at radius 1 is 1.36 bits per heavy atom. The average Bonchev–Trinajstić information content (AvgIpc) is 2.11. The molecule has 0 saturated carbocycles. The molecule has 2 N–H and O–H groups in total. The van der Waals surface area contributed by atoms with Crippen LogP contribution in [0, 0.1) is 0 Å². The van der Waals surface area contributed by atoms with Crippen LogP contribution >= 0.6 is 0 Å². The molecule has 0 saturated heterocycles. The second kappa shape index (κ2) is 6.34. The van der Waals surface area contributed by atoms with Crippen LogP contribution in [-0.4, -0.2) is 51.3 Å². The average molecular weight is 224 g/mol. The van der Waals surface area contributed by atoms with E-state index in [1.165, 1.54) is 4.31 Å². The van der Waals surface area contributed by atoms with E-state index in [4.69, 9.17) is 10.5 Å². The molecular weight excluding hydrogens is 204 g/mol. The van der Waals surface area contributed by atoms with Crippen LogP contribution in [0.1, 0.15) is 13.8 Å². The molecule has 0 aliphatic carbocycles. The normalized spacial score (nSPS) is 12.7. The van der Waals surface area contributed by atoms with Crippen LogP contribution in [0.15, 0.2) is 0 Å². The van der Waals surface area contributed by atoms with Crippen LogP contribution in [0.5, 0.6) is 0 Å². The molecule has 0 fully saturated rings. The van der Waals surface area contributed by atoms with Crippen molar-refractivity contribution in [3.8, 4) is 0 Å². The van der Waals surface area contributed by atoms with Crippen LogP contribution in [0.3, 0.4) is 0 Å². The first-order valence-corrected chi connectivity index (χ1v) is 6.15. The zero-order chi connectivity index (χ0) is 11.2. The SMILES string of the molecule is COCCN(CCN)S(=O)(=O)C(C)C. The third kappa shape index (κ3) is 3.91. The Balaban J connectivity index is 4.47. The molecule has 0 radical (unpaired) electrons. The number of hydrogen-bond acceptors (Lipinski definition) is 4. The molecule has 0 aromatic heterocycles. The summed E-state index contributed by atoms with van der Waals surface area (Å²) in [5, 5.41) is -0.411. The lowest BCUT2D eigenvalue weighted by molar-refractivity contribution is 0.179. The highest BCUT2D eigenvalue weighted by molar-refractivity contribution is 7.89. The fourth-order valence-electron chi connectivity index (χ4n) is 1.00. The Kier molecular flexibility index (Phi) is 6.26. The van der Waals surface area contributed by atoms with E-state index in [0.717, 1.165) is 0 Å². The number of nitrogens with two attached hydrogens (primary N) is 1. The van der Waals surface area contributed by atoms with Crippen LogP contribution < -0.4 is 5.73 Å². The molecule has 86 valence electrons. The van der Waals surface area contributed by atoms with Gasteiger partial charge < -0.3 is 10.5 Å². The van der Waals surface area contributed by atoms with Gasteiger partial charge in [-0.15, -0.1) is 0 Å². The standard InChI is InChI=1S/C8H20N2O3S/c1-8(2)14(11,12)10(5-4-9)6-7-13-3/h8H,4-7,9H2,1-3H3. The molecular formula is C8H20N2O3S. The molecule has 0 aliphatic heterocycles. The van der Waals surface area contributed by atoms with Gasteiger partial charge in [0.25, 0.3) is 0 Å². The van der Waals surface area contributed by atoms with E-state index in [1.54, 1.807) is 21.0 Å². The Labute approximate surface area is 86.3 Å². The van der Waals surface area contributed by atoms with Gasteiger partial charge in [-0.1, -0.05) is 0 Å². The summed E-state index contributed by atoms with van der Waals surface area (Å²) in [6, 6.07) is 0. The molecule has 0 atom stereocenters. The van der Waals surface area contributed by atoms with Gasteiger partial charge in [0.15, 0.2) is 0 Å².